The highest BCUT2D eigenvalue weighted by Crippen LogP contribution is 2.32. The smallest absolute Gasteiger partial charge is 0.173 e. The second-order valence-corrected chi connectivity index (χ2v) is 7.58. The number of benzene rings is 2. The third kappa shape index (κ3) is 4.33. The molecule has 1 heterocycles. The molecular weight excluding hydrogens is 370 g/mol. The SMILES string of the molecule is COc1ccc(N2CCN(C(=S)Nc3cc(C)c(C)cc3C)CC2)c(OC)c1. The Morgan fingerprint density at radius 1 is 0.893 bits per heavy atom. The first-order valence-corrected chi connectivity index (χ1v) is 9.94. The first kappa shape index (κ1) is 20.3. The molecule has 2 aromatic carbocycles. The summed E-state index contributed by atoms with van der Waals surface area (Å²) >= 11 is 5.68. The normalized spacial score (nSPS) is 14.0. The molecule has 5 nitrogen and oxygen atoms in total. The number of nitrogens with one attached hydrogen (secondary N) is 1. The van der Waals surface area contributed by atoms with E-state index in [9.17, 15) is 0 Å². The van der Waals surface area contributed by atoms with Crippen molar-refractivity contribution in [1.29, 1.82) is 0 Å². The van der Waals surface area contributed by atoms with E-state index in [1.165, 1.54) is 16.7 Å². The van der Waals surface area contributed by atoms with Crippen molar-refractivity contribution in [2.45, 2.75) is 20.8 Å². The van der Waals surface area contributed by atoms with Gasteiger partial charge in [0.15, 0.2) is 5.11 Å². The van der Waals surface area contributed by atoms with Gasteiger partial charge < -0.3 is 24.6 Å². The summed E-state index contributed by atoms with van der Waals surface area (Å²) < 4.78 is 10.9. The maximum Gasteiger partial charge on any atom is 0.173 e. The Bertz CT molecular complexity index is 861. The summed E-state index contributed by atoms with van der Waals surface area (Å²) in [6, 6.07) is 10.3. The third-order valence-corrected chi connectivity index (χ3v) is 5.74. The predicted molar refractivity (Wildman–Crippen MR) is 120 cm³/mol. The van der Waals surface area contributed by atoms with Gasteiger partial charge in [0.2, 0.25) is 0 Å². The Morgan fingerprint density at radius 2 is 1.57 bits per heavy atom. The van der Waals surface area contributed by atoms with Crippen LogP contribution in [0.3, 0.4) is 0 Å². The Balaban J connectivity index is 1.64. The van der Waals surface area contributed by atoms with E-state index in [4.69, 9.17) is 21.7 Å². The molecule has 0 aliphatic carbocycles. The molecule has 0 aromatic heterocycles. The fraction of sp³-hybridized carbons (Fsp3) is 0.409. The number of nitrogens with zero attached hydrogens (tertiary/aromatic N) is 2. The van der Waals surface area contributed by atoms with Gasteiger partial charge in [-0.3, -0.25) is 0 Å². The molecule has 2 aromatic rings. The molecule has 150 valence electrons. The molecule has 1 fully saturated rings. The summed E-state index contributed by atoms with van der Waals surface area (Å²) in [4.78, 5) is 4.56. The summed E-state index contributed by atoms with van der Waals surface area (Å²) in [6.45, 7) is 9.88. The van der Waals surface area contributed by atoms with E-state index < -0.39 is 0 Å². The quantitative estimate of drug-likeness (QED) is 0.779. The van der Waals surface area contributed by atoms with E-state index in [-0.39, 0.29) is 0 Å². The first-order chi connectivity index (χ1) is 13.4. The van der Waals surface area contributed by atoms with Gasteiger partial charge >= 0.3 is 0 Å². The molecule has 1 aliphatic heterocycles. The van der Waals surface area contributed by atoms with Crippen LogP contribution in [0.5, 0.6) is 11.5 Å². The van der Waals surface area contributed by atoms with Crippen molar-refractivity contribution in [3.63, 3.8) is 0 Å². The number of piperazine rings is 1. The van der Waals surface area contributed by atoms with Crippen molar-refractivity contribution in [1.82, 2.24) is 4.90 Å². The van der Waals surface area contributed by atoms with E-state index in [2.05, 4.69) is 54.1 Å². The Morgan fingerprint density at radius 3 is 2.21 bits per heavy atom. The van der Waals surface area contributed by atoms with Crippen molar-refractivity contribution in [3.05, 3.63) is 47.0 Å². The molecule has 0 saturated carbocycles. The lowest BCUT2D eigenvalue weighted by molar-refractivity contribution is 0.377. The molecule has 1 N–H and O–H groups in total. The van der Waals surface area contributed by atoms with Crippen LogP contribution >= 0.6 is 12.2 Å². The fourth-order valence-corrected chi connectivity index (χ4v) is 3.78. The summed E-state index contributed by atoms with van der Waals surface area (Å²) in [6.07, 6.45) is 0. The number of anilines is 2. The second kappa shape index (κ2) is 8.69. The van der Waals surface area contributed by atoms with Gasteiger partial charge in [0.05, 0.1) is 19.9 Å². The van der Waals surface area contributed by atoms with Crippen LogP contribution in [0, 0.1) is 20.8 Å². The van der Waals surface area contributed by atoms with Crippen LogP contribution in [0.2, 0.25) is 0 Å². The number of rotatable bonds is 4. The predicted octanol–water partition coefficient (Wildman–Crippen LogP) is 4.15. The van der Waals surface area contributed by atoms with E-state index in [0.717, 1.165) is 54.2 Å². The van der Waals surface area contributed by atoms with Crippen LogP contribution in [0.1, 0.15) is 16.7 Å². The van der Waals surface area contributed by atoms with Gasteiger partial charge in [-0.25, -0.2) is 0 Å². The number of hydrogen-bond acceptors (Lipinski definition) is 4. The highest BCUT2D eigenvalue weighted by Gasteiger charge is 2.22. The van der Waals surface area contributed by atoms with Gasteiger partial charge in [0, 0.05) is 37.9 Å². The molecule has 0 unspecified atom stereocenters. The third-order valence-electron chi connectivity index (χ3n) is 5.38. The van der Waals surface area contributed by atoms with Crippen molar-refractivity contribution in [2.24, 2.45) is 0 Å². The van der Waals surface area contributed by atoms with Gasteiger partial charge in [0.25, 0.3) is 0 Å². The van der Waals surface area contributed by atoms with Gasteiger partial charge in [-0.15, -0.1) is 0 Å². The molecule has 3 rings (SSSR count). The maximum atomic E-state index is 5.68. The zero-order valence-electron chi connectivity index (χ0n) is 17.3. The first-order valence-electron chi connectivity index (χ1n) is 9.53. The number of methoxy groups -OCH3 is 2. The van der Waals surface area contributed by atoms with Gasteiger partial charge in [0.1, 0.15) is 11.5 Å². The summed E-state index contributed by atoms with van der Waals surface area (Å²) in [5, 5.41) is 4.22. The molecule has 1 aliphatic rings. The van der Waals surface area contributed by atoms with Gasteiger partial charge in [-0.05, 0) is 67.9 Å². The minimum atomic E-state index is 0.785. The largest absolute Gasteiger partial charge is 0.497 e. The molecule has 0 atom stereocenters. The average molecular weight is 400 g/mol. The van der Waals surface area contributed by atoms with Crippen LogP contribution in [-0.2, 0) is 0 Å². The van der Waals surface area contributed by atoms with E-state index in [0.29, 0.717) is 0 Å². The van der Waals surface area contributed by atoms with E-state index >= 15 is 0 Å². The number of thiocarbonyl (C=S) groups is 1. The number of ether oxygens (including phenoxy) is 2. The van der Waals surface area contributed by atoms with Crippen LogP contribution in [0.4, 0.5) is 11.4 Å². The Hall–Kier alpha value is -2.47. The molecule has 0 amide bonds. The van der Waals surface area contributed by atoms with Gasteiger partial charge in [-0.2, -0.15) is 0 Å². The van der Waals surface area contributed by atoms with Crippen molar-refractivity contribution < 1.29 is 9.47 Å². The minimum Gasteiger partial charge on any atom is -0.497 e. The van der Waals surface area contributed by atoms with Crippen molar-refractivity contribution in [2.75, 3.05) is 50.6 Å². The molecule has 28 heavy (non-hydrogen) atoms. The van der Waals surface area contributed by atoms with Crippen LogP contribution in [0.25, 0.3) is 0 Å². The topological polar surface area (TPSA) is 37.0 Å². The van der Waals surface area contributed by atoms with E-state index in [1.807, 2.05) is 12.1 Å². The minimum absolute atomic E-state index is 0.785. The zero-order chi connectivity index (χ0) is 20.3. The Kier molecular flexibility index (Phi) is 6.29. The number of hydrogen-bond donors (Lipinski definition) is 1. The monoisotopic (exact) mass is 399 g/mol. The highest BCUT2D eigenvalue weighted by atomic mass is 32.1. The molecule has 1 saturated heterocycles. The molecule has 0 bridgehead atoms. The zero-order valence-corrected chi connectivity index (χ0v) is 18.2. The lowest BCUT2D eigenvalue weighted by Gasteiger charge is -2.38. The summed E-state index contributed by atoms with van der Waals surface area (Å²) in [7, 11) is 3.36. The van der Waals surface area contributed by atoms with Gasteiger partial charge in [-0.1, -0.05) is 6.07 Å². The standard InChI is InChI=1S/C22H29N3O2S/c1-15-12-17(3)19(13-16(15)2)23-22(28)25-10-8-24(9-11-25)20-7-6-18(26-4)14-21(20)27-5/h6-7,12-14H,8-11H2,1-5H3,(H,23,28). The molecule has 0 radical (unpaired) electrons. The highest BCUT2D eigenvalue weighted by molar-refractivity contribution is 7.80. The summed E-state index contributed by atoms with van der Waals surface area (Å²) in [5.41, 5.74) is 5.97. The maximum absolute atomic E-state index is 5.68. The summed E-state index contributed by atoms with van der Waals surface area (Å²) in [5.74, 6) is 1.63. The Labute approximate surface area is 173 Å². The second-order valence-electron chi connectivity index (χ2n) is 7.19. The van der Waals surface area contributed by atoms with Crippen LogP contribution in [-0.4, -0.2) is 50.4 Å². The van der Waals surface area contributed by atoms with Crippen LogP contribution in [0.15, 0.2) is 30.3 Å². The van der Waals surface area contributed by atoms with Crippen molar-refractivity contribution >= 4 is 28.7 Å². The fourth-order valence-electron chi connectivity index (χ4n) is 3.49. The molecular formula is C22H29N3O2S. The average Bonchev–Trinajstić information content (AvgIpc) is 2.71. The number of aryl methyl sites for hydroxylation is 3. The van der Waals surface area contributed by atoms with E-state index in [1.54, 1.807) is 14.2 Å². The molecule has 6 heteroatoms. The van der Waals surface area contributed by atoms with Crippen molar-refractivity contribution in [3.8, 4) is 11.5 Å². The lowest BCUT2D eigenvalue weighted by Crippen LogP contribution is -2.50. The van der Waals surface area contributed by atoms with Crippen LogP contribution < -0.4 is 19.7 Å². The molecule has 0 spiro atoms. The lowest BCUT2D eigenvalue weighted by atomic mass is 10.1.